The standard InChI is InChI=1S/C22H33N3O5/c1-16-7-4-5-8-18(16)21(27)24-20(22(28)23-11-6-14-29-2)17-9-12-25(13-10-17)19(26)15-30-3/h4-5,7-8,17,20H,6,9-15H2,1-3H3,(H,23,28)(H,24,27). The van der Waals surface area contributed by atoms with Gasteiger partial charge in [-0.2, -0.15) is 0 Å². The van der Waals surface area contributed by atoms with E-state index in [0.29, 0.717) is 51.1 Å². The highest BCUT2D eigenvalue weighted by Crippen LogP contribution is 2.22. The number of hydrogen-bond donors (Lipinski definition) is 2. The number of carbonyl (C=O) groups is 3. The summed E-state index contributed by atoms with van der Waals surface area (Å²) in [5.41, 5.74) is 1.41. The molecule has 2 N–H and O–H groups in total. The summed E-state index contributed by atoms with van der Waals surface area (Å²) in [6, 6.07) is 6.65. The molecule has 1 aromatic carbocycles. The molecule has 0 bridgehead atoms. The van der Waals surface area contributed by atoms with Gasteiger partial charge in [0.05, 0.1) is 0 Å². The van der Waals surface area contributed by atoms with Gasteiger partial charge in [0.2, 0.25) is 11.8 Å². The van der Waals surface area contributed by atoms with Gasteiger partial charge in [-0.15, -0.1) is 0 Å². The van der Waals surface area contributed by atoms with Crippen LogP contribution in [0.1, 0.15) is 35.2 Å². The largest absolute Gasteiger partial charge is 0.385 e. The lowest BCUT2D eigenvalue weighted by atomic mass is 9.88. The van der Waals surface area contributed by atoms with Crippen molar-refractivity contribution in [1.29, 1.82) is 0 Å². The van der Waals surface area contributed by atoms with Crippen LogP contribution in [0.15, 0.2) is 24.3 Å². The average molecular weight is 420 g/mol. The number of nitrogens with one attached hydrogen (secondary N) is 2. The van der Waals surface area contributed by atoms with E-state index in [1.807, 2.05) is 25.1 Å². The molecular formula is C22H33N3O5. The Labute approximate surface area is 178 Å². The highest BCUT2D eigenvalue weighted by molar-refractivity contribution is 5.98. The van der Waals surface area contributed by atoms with E-state index in [-0.39, 0.29) is 30.2 Å². The average Bonchev–Trinajstić information content (AvgIpc) is 2.75. The molecule has 0 aliphatic carbocycles. The van der Waals surface area contributed by atoms with Crippen LogP contribution in [0.5, 0.6) is 0 Å². The monoisotopic (exact) mass is 419 g/mol. The fraction of sp³-hybridized carbons (Fsp3) is 0.591. The second kappa shape index (κ2) is 12.3. The fourth-order valence-electron chi connectivity index (χ4n) is 3.68. The Morgan fingerprint density at radius 1 is 1.13 bits per heavy atom. The van der Waals surface area contributed by atoms with Crippen LogP contribution in [0, 0.1) is 12.8 Å². The Bertz CT molecular complexity index is 716. The van der Waals surface area contributed by atoms with E-state index in [0.717, 1.165) is 5.56 Å². The minimum absolute atomic E-state index is 0.0491. The zero-order valence-corrected chi connectivity index (χ0v) is 18.1. The number of ether oxygens (including phenoxy) is 2. The van der Waals surface area contributed by atoms with Crippen molar-refractivity contribution in [3.05, 3.63) is 35.4 Å². The third-order valence-electron chi connectivity index (χ3n) is 5.41. The molecule has 1 aromatic rings. The number of piperidine rings is 1. The molecule has 2 rings (SSSR count). The van der Waals surface area contributed by atoms with Crippen LogP contribution in [0.3, 0.4) is 0 Å². The molecule has 8 nitrogen and oxygen atoms in total. The predicted molar refractivity (Wildman–Crippen MR) is 113 cm³/mol. The lowest BCUT2D eigenvalue weighted by Crippen LogP contribution is -2.54. The minimum atomic E-state index is -0.653. The Balaban J connectivity index is 2.06. The van der Waals surface area contributed by atoms with Crippen LogP contribution >= 0.6 is 0 Å². The summed E-state index contributed by atoms with van der Waals surface area (Å²) in [5.74, 6) is -0.565. The molecule has 0 radical (unpaired) electrons. The molecule has 30 heavy (non-hydrogen) atoms. The summed E-state index contributed by atoms with van der Waals surface area (Å²) >= 11 is 0. The van der Waals surface area contributed by atoms with Crippen LogP contribution in [0.25, 0.3) is 0 Å². The minimum Gasteiger partial charge on any atom is -0.385 e. The molecule has 1 atom stereocenters. The third-order valence-corrected chi connectivity index (χ3v) is 5.41. The highest BCUT2D eigenvalue weighted by atomic mass is 16.5. The van der Waals surface area contributed by atoms with Gasteiger partial charge >= 0.3 is 0 Å². The van der Waals surface area contributed by atoms with Crippen molar-refractivity contribution in [1.82, 2.24) is 15.5 Å². The molecule has 1 saturated heterocycles. The Kier molecular flexibility index (Phi) is 9.76. The van der Waals surface area contributed by atoms with Crippen LogP contribution in [0.4, 0.5) is 0 Å². The molecule has 1 fully saturated rings. The van der Waals surface area contributed by atoms with Crippen molar-refractivity contribution >= 4 is 17.7 Å². The first-order valence-electron chi connectivity index (χ1n) is 10.4. The second-order valence-corrected chi connectivity index (χ2v) is 7.55. The summed E-state index contributed by atoms with van der Waals surface area (Å²) in [4.78, 5) is 39.6. The van der Waals surface area contributed by atoms with Crippen molar-refractivity contribution in [3.63, 3.8) is 0 Å². The first kappa shape index (κ1) is 23.8. The van der Waals surface area contributed by atoms with E-state index in [4.69, 9.17) is 9.47 Å². The zero-order chi connectivity index (χ0) is 21.9. The Hall–Kier alpha value is -2.45. The van der Waals surface area contributed by atoms with E-state index in [1.54, 1.807) is 18.1 Å². The number of rotatable bonds is 10. The van der Waals surface area contributed by atoms with Gasteiger partial charge in [-0.25, -0.2) is 0 Å². The Morgan fingerprint density at radius 2 is 1.83 bits per heavy atom. The van der Waals surface area contributed by atoms with Crippen LogP contribution < -0.4 is 10.6 Å². The molecule has 0 saturated carbocycles. The van der Waals surface area contributed by atoms with Gasteiger partial charge in [0.15, 0.2) is 0 Å². The van der Waals surface area contributed by atoms with E-state index in [2.05, 4.69) is 10.6 Å². The fourth-order valence-corrected chi connectivity index (χ4v) is 3.68. The number of benzene rings is 1. The smallest absolute Gasteiger partial charge is 0.252 e. The Morgan fingerprint density at radius 3 is 2.47 bits per heavy atom. The van der Waals surface area contributed by atoms with Gasteiger partial charge in [-0.05, 0) is 43.7 Å². The van der Waals surface area contributed by atoms with Crippen molar-refractivity contribution in [2.24, 2.45) is 5.92 Å². The maximum atomic E-state index is 12.9. The quantitative estimate of drug-likeness (QED) is 0.554. The third kappa shape index (κ3) is 6.81. The zero-order valence-electron chi connectivity index (χ0n) is 18.1. The molecule has 1 heterocycles. The molecule has 1 aliphatic heterocycles. The topological polar surface area (TPSA) is 97.0 Å². The van der Waals surface area contributed by atoms with Gasteiger partial charge in [-0.3, -0.25) is 14.4 Å². The van der Waals surface area contributed by atoms with Crippen molar-refractivity contribution < 1.29 is 23.9 Å². The van der Waals surface area contributed by atoms with Crippen LogP contribution in [-0.2, 0) is 19.1 Å². The summed E-state index contributed by atoms with van der Waals surface area (Å²) in [7, 11) is 3.11. The summed E-state index contributed by atoms with van der Waals surface area (Å²) in [6.45, 7) is 4.04. The number of carbonyl (C=O) groups excluding carboxylic acids is 3. The molecule has 166 valence electrons. The summed E-state index contributed by atoms with van der Waals surface area (Å²) < 4.78 is 9.95. The molecule has 8 heteroatoms. The number of likely N-dealkylation sites (tertiary alicyclic amines) is 1. The lowest BCUT2D eigenvalue weighted by Gasteiger charge is -2.35. The van der Waals surface area contributed by atoms with Crippen LogP contribution in [-0.4, -0.2) is 75.7 Å². The lowest BCUT2D eigenvalue weighted by molar-refractivity contribution is -0.136. The number of methoxy groups -OCH3 is 2. The van der Waals surface area contributed by atoms with E-state index in [1.165, 1.54) is 7.11 Å². The molecule has 0 spiro atoms. The van der Waals surface area contributed by atoms with Gasteiger partial charge in [0, 0.05) is 46.0 Å². The molecular weight excluding hydrogens is 386 g/mol. The normalized spacial score (nSPS) is 15.5. The predicted octanol–water partition coefficient (Wildman–Crippen LogP) is 1.13. The second-order valence-electron chi connectivity index (χ2n) is 7.55. The first-order valence-corrected chi connectivity index (χ1v) is 10.4. The first-order chi connectivity index (χ1) is 14.5. The van der Waals surface area contributed by atoms with Gasteiger partial charge in [0.25, 0.3) is 5.91 Å². The van der Waals surface area contributed by atoms with Gasteiger partial charge in [-0.1, -0.05) is 18.2 Å². The number of aryl methyl sites for hydroxylation is 1. The van der Waals surface area contributed by atoms with Crippen molar-refractivity contribution in [2.45, 2.75) is 32.2 Å². The summed E-state index contributed by atoms with van der Waals surface area (Å²) in [5, 5.41) is 5.85. The highest BCUT2D eigenvalue weighted by Gasteiger charge is 2.34. The number of amides is 3. The summed E-state index contributed by atoms with van der Waals surface area (Å²) in [6.07, 6.45) is 1.98. The molecule has 1 aliphatic rings. The van der Waals surface area contributed by atoms with E-state index in [9.17, 15) is 14.4 Å². The maximum absolute atomic E-state index is 12.9. The maximum Gasteiger partial charge on any atom is 0.252 e. The van der Waals surface area contributed by atoms with Crippen molar-refractivity contribution in [3.8, 4) is 0 Å². The molecule has 3 amide bonds. The van der Waals surface area contributed by atoms with Crippen molar-refractivity contribution in [2.75, 3.05) is 47.1 Å². The molecule has 1 unspecified atom stereocenters. The SMILES string of the molecule is COCCCNC(=O)C(NC(=O)c1ccccc1C)C1CCN(C(=O)COC)CC1. The molecule has 0 aromatic heterocycles. The van der Waals surface area contributed by atoms with Gasteiger partial charge in [0.1, 0.15) is 12.6 Å². The van der Waals surface area contributed by atoms with Crippen LogP contribution in [0.2, 0.25) is 0 Å². The van der Waals surface area contributed by atoms with Gasteiger partial charge < -0.3 is 25.0 Å². The van der Waals surface area contributed by atoms with E-state index >= 15 is 0 Å². The number of nitrogens with zero attached hydrogens (tertiary/aromatic N) is 1. The van der Waals surface area contributed by atoms with E-state index < -0.39 is 6.04 Å². The number of hydrogen-bond acceptors (Lipinski definition) is 5.